The van der Waals surface area contributed by atoms with E-state index in [1.165, 1.54) is 0 Å². The van der Waals surface area contributed by atoms with E-state index in [-0.39, 0.29) is 17.1 Å². The van der Waals surface area contributed by atoms with E-state index in [1.54, 1.807) is 0 Å². The number of hydrogen-bond acceptors (Lipinski definition) is 6. The molecule has 1 spiro atoms. The Kier molecular flexibility index (Phi) is 5.62. The molecule has 2 saturated heterocycles. The van der Waals surface area contributed by atoms with Crippen molar-refractivity contribution in [3.63, 3.8) is 0 Å². The second-order valence-corrected chi connectivity index (χ2v) is 10.2. The van der Waals surface area contributed by atoms with Crippen LogP contribution in [-0.2, 0) is 11.3 Å². The molecule has 2 aromatic rings. The van der Waals surface area contributed by atoms with Crippen LogP contribution in [0.2, 0.25) is 0 Å². The second kappa shape index (κ2) is 8.31. The number of benzene rings is 1. The molecule has 3 aliphatic heterocycles. The lowest BCUT2D eigenvalue weighted by atomic mass is 9.64. The summed E-state index contributed by atoms with van der Waals surface area (Å²) in [5.41, 5.74) is 2.19. The average Bonchev–Trinajstić information content (AvgIpc) is 2.77. The quantitative estimate of drug-likeness (QED) is 0.690. The third kappa shape index (κ3) is 3.99. The number of para-hydroxylation sites is 1. The maximum absolute atomic E-state index is 6.67. The fourth-order valence-corrected chi connectivity index (χ4v) is 5.76. The van der Waals surface area contributed by atoms with E-state index in [1.807, 2.05) is 32.2 Å². The Hall–Kier alpha value is -2.18. The Morgan fingerprint density at radius 1 is 1.19 bits per heavy atom. The molecule has 6 nitrogen and oxygen atoms in total. The number of fused-ring (bicyclic) bond motifs is 3. The summed E-state index contributed by atoms with van der Waals surface area (Å²) in [6.45, 7) is 12.9. The number of likely N-dealkylation sites (tertiary alicyclic amines) is 1. The third-order valence-electron chi connectivity index (χ3n) is 7.60. The molecular weight excluding hydrogens is 402 g/mol. The molecule has 0 N–H and O–H groups in total. The molecule has 4 heterocycles. The molecule has 2 atom stereocenters. The maximum Gasteiger partial charge on any atom is 0.167 e. The lowest BCUT2D eigenvalue weighted by molar-refractivity contribution is -0.175. The smallest absolute Gasteiger partial charge is 0.167 e. The van der Waals surface area contributed by atoms with Crippen LogP contribution < -0.4 is 9.47 Å². The highest BCUT2D eigenvalue weighted by Crippen LogP contribution is 2.57. The van der Waals surface area contributed by atoms with Gasteiger partial charge < -0.3 is 14.2 Å². The lowest BCUT2D eigenvalue weighted by Gasteiger charge is -2.54. The standard InChI is InChI=1S/C26H35N3O3/c1-5-30-22-8-6-7-20-23-21(25(3,4)32-24(20)22)15-26(17-31-23)10-13-29(14-11-26)16-19-9-12-27-18(2)28-19/h6-9,12,21,23H,5,10-11,13-17H2,1-4H3/t21-,23+/m0/s1. The SMILES string of the molecule is CCOc1cccc2c1OC(C)(C)[C@H]1CC3(CCN(Cc4ccnc(C)n4)CC3)CO[C@H]21. The van der Waals surface area contributed by atoms with Crippen LogP contribution in [0.5, 0.6) is 11.5 Å². The molecule has 0 aliphatic carbocycles. The molecule has 172 valence electrons. The fraction of sp³-hybridized carbons (Fsp3) is 0.615. The van der Waals surface area contributed by atoms with E-state index in [0.717, 1.165) is 74.1 Å². The number of ether oxygens (including phenoxy) is 3. The van der Waals surface area contributed by atoms with Gasteiger partial charge in [-0.3, -0.25) is 4.90 Å². The minimum Gasteiger partial charge on any atom is -0.490 e. The summed E-state index contributed by atoms with van der Waals surface area (Å²) in [7, 11) is 0. The predicted octanol–water partition coefficient (Wildman–Crippen LogP) is 4.71. The molecule has 0 saturated carbocycles. The van der Waals surface area contributed by atoms with Crippen LogP contribution in [0.1, 0.15) is 63.2 Å². The topological polar surface area (TPSA) is 56.7 Å². The Labute approximate surface area is 191 Å². The van der Waals surface area contributed by atoms with E-state index in [9.17, 15) is 0 Å². The molecule has 2 fully saturated rings. The summed E-state index contributed by atoms with van der Waals surface area (Å²) >= 11 is 0. The number of nitrogens with zero attached hydrogens (tertiary/aromatic N) is 3. The molecule has 0 unspecified atom stereocenters. The first-order valence-electron chi connectivity index (χ1n) is 12.0. The summed E-state index contributed by atoms with van der Waals surface area (Å²) < 4.78 is 19.1. The highest BCUT2D eigenvalue weighted by molar-refractivity contribution is 5.50. The van der Waals surface area contributed by atoms with Crippen molar-refractivity contribution in [3.05, 3.63) is 47.5 Å². The van der Waals surface area contributed by atoms with Gasteiger partial charge in [-0.15, -0.1) is 0 Å². The Morgan fingerprint density at radius 2 is 2.00 bits per heavy atom. The molecule has 1 aromatic carbocycles. The van der Waals surface area contributed by atoms with Gasteiger partial charge in [-0.25, -0.2) is 9.97 Å². The zero-order chi connectivity index (χ0) is 22.3. The third-order valence-corrected chi connectivity index (χ3v) is 7.60. The molecule has 6 heteroatoms. The first-order valence-corrected chi connectivity index (χ1v) is 12.0. The molecule has 3 aliphatic rings. The predicted molar refractivity (Wildman–Crippen MR) is 123 cm³/mol. The van der Waals surface area contributed by atoms with Gasteiger partial charge in [-0.05, 0) is 77.6 Å². The van der Waals surface area contributed by atoms with Crippen molar-refractivity contribution < 1.29 is 14.2 Å². The zero-order valence-electron chi connectivity index (χ0n) is 19.8. The summed E-state index contributed by atoms with van der Waals surface area (Å²) in [5, 5.41) is 0. The van der Waals surface area contributed by atoms with Gasteiger partial charge in [0.15, 0.2) is 11.5 Å². The van der Waals surface area contributed by atoms with Crippen LogP contribution in [-0.4, -0.2) is 46.8 Å². The number of aryl methyl sites for hydroxylation is 1. The summed E-state index contributed by atoms with van der Waals surface area (Å²) in [4.78, 5) is 11.3. The fourth-order valence-electron chi connectivity index (χ4n) is 5.76. The van der Waals surface area contributed by atoms with Crippen LogP contribution in [0.15, 0.2) is 30.5 Å². The van der Waals surface area contributed by atoms with Gasteiger partial charge >= 0.3 is 0 Å². The first-order chi connectivity index (χ1) is 15.4. The highest BCUT2D eigenvalue weighted by atomic mass is 16.5. The highest BCUT2D eigenvalue weighted by Gasteiger charge is 2.53. The van der Waals surface area contributed by atoms with Crippen molar-refractivity contribution in [1.29, 1.82) is 0 Å². The van der Waals surface area contributed by atoms with Gasteiger partial charge in [0.25, 0.3) is 0 Å². The van der Waals surface area contributed by atoms with Crippen molar-refractivity contribution in [1.82, 2.24) is 14.9 Å². The largest absolute Gasteiger partial charge is 0.490 e. The molecule has 0 radical (unpaired) electrons. The molecular formula is C26H35N3O3. The maximum atomic E-state index is 6.67. The Morgan fingerprint density at radius 3 is 2.75 bits per heavy atom. The lowest BCUT2D eigenvalue weighted by Crippen LogP contribution is -2.54. The van der Waals surface area contributed by atoms with E-state index in [0.29, 0.717) is 12.5 Å². The van der Waals surface area contributed by atoms with Crippen LogP contribution in [0.25, 0.3) is 0 Å². The van der Waals surface area contributed by atoms with Gasteiger partial charge in [0.05, 0.1) is 25.0 Å². The van der Waals surface area contributed by atoms with Crippen molar-refractivity contribution in [2.24, 2.45) is 11.3 Å². The molecule has 0 bridgehead atoms. The van der Waals surface area contributed by atoms with Crippen molar-refractivity contribution in [2.45, 2.75) is 65.2 Å². The molecule has 0 amide bonds. The van der Waals surface area contributed by atoms with Crippen molar-refractivity contribution in [2.75, 3.05) is 26.3 Å². The monoisotopic (exact) mass is 437 g/mol. The zero-order valence-corrected chi connectivity index (χ0v) is 19.8. The first kappa shape index (κ1) is 21.7. The second-order valence-electron chi connectivity index (χ2n) is 10.2. The summed E-state index contributed by atoms with van der Waals surface area (Å²) in [6.07, 6.45) is 5.38. The van der Waals surface area contributed by atoms with Crippen molar-refractivity contribution in [3.8, 4) is 11.5 Å². The van der Waals surface area contributed by atoms with Gasteiger partial charge in [0, 0.05) is 24.2 Å². The molecule has 32 heavy (non-hydrogen) atoms. The average molecular weight is 438 g/mol. The number of piperidine rings is 1. The Bertz CT molecular complexity index is 969. The van der Waals surface area contributed by atoms with E-state index in [4.69, 9.17) is 14.2 Å². The van der Waals surface area contributed by atoms with E-state index in [2.05, 4.69) is 40.8 Å². The van der Waals surface area contributed by atoms with Crippen LogP contribution in [0, 0.1) is 18.3 Å². The summed E-state index contributed by atoms with van der Waals surface area (Å²) in [6, 6.07) is 8.23. The van der Waals surface area contributed by atoms with Crippen molar-refractivity contribution >= 4 is 0 Å². The van der Waals surface area contributed by atoms with Crippen LogP contribution in [0.4, 0.5) is 0 Å². The van der Waals surface area contributed by atoms with E-state index >= 15 is 0 Å². The van der Waals surface area contributed by atoms with Crippen LogP contribution in [0.3, 0.4) is 0 Å². The van der Waals surface area contributed by atoms with Gasteiger partial charge in [0.2, 0.25) is 0 Å². The minimum atomic E-state index is -0.298. The van der Waals surface area contributed by atoms with Gasteiger partial charge in [0.1, 0.15) is 11.4 Å². The normalized spacial score (nSPS) is 26.1. The van der Waals surface area contributed by atoms with Gasteiger partial charge in [-0.1, -0.05) is 12.1 Å². The minimum absolute atomic E-state index is 0.0711. The molecule has 1 aromatic heterocycles. The van der Waals surface area contributed by atoms with Gasteiger partial charge in [-0.2, -0.15) is 0 Å². The number of aromatic nitrogens is 2. The Balaban J connectivity index is 1.30. The van der Waals surface area contributed by atoms with Crippen LogP contribution >= 0.6 is 0 Å². The number of hydrogen-bond donors (Lipinski definition) is 0. The summed E-state index contributed by atoms with van der Waals surface area (Å²) in [5.74, 6) is 2.87. The van der Waals surface area contributed by atoms with E-state index < -0.39 is 0 Å². The molecule has 5 rings (SSSR count). The number of rotatable bonds is 4.